The number of carbonyl (C=O) groups excluding carboxylic acids is 1. The van der Waals surface area contributed by atoms with Gasteiger partial charge in [0.05, 0.1) is 12.1 Å². The number of nitriles is 1. The highest BCUT2D eigenvalue weighted by molar-refractivity contribution is 5.81. The number of pyridine rings is 1. The van der Waals surface area contributed by atoms with Crippen molar-refractivity contribution in [3.05, 3.63) is 23.9 Å². The second-order valence-electron chi connectivity index (χ2n) is 5.88. The predicted molar refractivity (Wildman–Crippen MR) is 85.5 cm³/mol. The van der Waals surface area contributed by atoms with Crippen molar-refractivity contribution in [2.75, 3.05) is 44.7 Å². The number of aromatic nitrogens is 1. The fourth-order valence-corrected chi connectivity index (χ4v) is 2.55. The summed E-state index contributed by atoms with van der Waals surface area (Å²) in [6.07, 6.45) is 1.53. The quantitative estimate of drug-likeness (QED) is 0.828. The molecule has 6 nitrogen and oxygen atoms in total. The Kier molecular flexibility index (Phi) is 5.34. The van der Waals surface area contributed by atoms with E-state index in [0.29, 0.717) is 24.0 Å². The third-order valence-corrected chi connectivity index (χ3v) is 4.04. The lowest BCUT2D eigenvalue weighted by Gasteiger charge is -2.37. The van der Waals surface area contributed by atoms with E-state index in [2.05, 4.69) is 23.7 Å². The summed E-state index contributed by atoms with van der Waals surface area (Å²) in [6, 6.07) is 6.05. The van der Waals surface area contributed by atoms with E-state index in [1.54, 1.807) is 12.1 Å². The number of likely N-dealkylation sites (N-methyl/N-ethyl adjacent to an activating group) is 1. The Labute approximate surface area is 131 Å². The van der Waals surface area contributed by atoms with Crippen molar-refractivity contribution in [3.63, 3.8) is 0 Å². The molecule has 118 valence electrons. The maximum absolute atomic E-state index is 12.4. The zero-order valence-electron chi connectivity index (χ0n) is 13.5. The van der Waals surface area contributed by atoms with Crippen molar-refractivity contribution in [3.8, 4) is 6.07 Å². The summed E-state index contributed by atoms with van der Waals surface area (Å²) < 4.78 is 0. The number of piperazine rings is 1. The van der Waals surface area contributed by atoms with Crippen molar-refractivity contribution in [1.82, 2.24) is 14.8 Å². The first-order valence-electron chi connectivity index (χ1n) is 7.60. The van der Waals surface area contributed by atoms with Crippen LogP contribution < -0.4 is 4.90 Å². The van der Waals surface area contributed by atoms with Crippen LogP contribution in [0.25, 0.3) is 0 Å². The predicted octanol–water partition coefficient (Wildman–Crippen LogP) is 0.942. The number of nitrogens with zero attached hydrogens (tertiary/aromatic N) is 5. The fourth-order valence-electron chi connectivity index (χ4n) is 2.55. The van der Waals surface area contributed by atoms with Crippen LogP contribution in [0.1, 0.15) is 19.4 Å². The van der Waals surface area contributed by atoms with Gasteiger partial charge < -0.3 is 9.80 Å². The second-order valence-corrected chi connectivity index (χ2v) is 5.88. The Bertz CT molecular complexity index is 541. The molecule has 1 saturated heterocycles. The third-order valence-electron chi connectivity index (χ3n) is 4.04. The van der Waals surface area contributed by atoms with Gasteiger partial charge in [-0.05, 0) is 26.0 Å². The van der Waals surface area contributed by atoms with Gasteiger partial charge >= 0.3 is 0 Å². The van der Waals surface area contributed by atoms with Crippen LogP contribution in [0.3, 0.4) is 0 Å². The van der Waals surface area contributed by atoms with Gasteiger partial charge in [-0.2, -0.15) is 5.26 Å². The molecule has 6 heteroatoms. The molecule has 0 aromatic carbocycles. The highest BCUT2D eigenvalue weighted by atomic mass is 16.2. The maximum Gasteiger partial charge on any atom is 0.242 e. The van der Waals surface area contributed by atoms with Crippen LogP contribution in [-0.4, -0.2) is 66.5 Å². The van der Waals surface area contributed by atoms with Crippen molar-refractivity contribution < 1.29 is 4.79 Å². The lowest BCUT2D eigenvalue weighted by molar-refractivity contribution is -0.131. The molecule has 0 radical (unpaired) electrons. The van der Waals surface area contributed by atoms with Crippen molar-refractivity contribution in [2.45, 2.75) is 19.9 Å². The number of rotatable bonds is 4. The molecule has 1 aliphatic heterocycles. The van der Waals surface area contributed by atoms with Gasteiger partial charge in [-0.1, -0.05) is 0 Å². The summed E-state index contributed by atoms with van der Waals surface area (Å²) in [5.74, 6) is 0.824. The summed E-state index contributed by atoms with van der Waals surface area (Å²) >= 11 is 0. The van der Waals surface area contributed by atoms with E-state index in [4.69, 9.17) is 5.26 Å². The molecule has 0 atom stereocenters. The number of hydrogen-bond acceptors (Lipinski definition) is 5. The lowest BCUT2D eigenvalue weighted by Crippen LogP contribution is -2.52. The van der Waals surface area contributed by atoms with Crippen LogP contribution >= 0.6 is 0 Å². The van der Waals surface area contributed by atoms with Gasteiger partial charge in [-0.3, -0.25) is 9.69 Å². The molecule has 1 aromatic heterocycles. The van der Waals surface area contributed by atoms with E-state index >= 15 is 0 Å². The van der Waals surface area contributed by atoms with Gasteiger partial charge in [0.1, 0.15) is 11.9 Å². The standard InChI is InChI=1S/C16H23N5O/c1-13(2)20-6-8-21(9-7-20)16(22)12-19(3)15-5-4-14(10-17)11-18-15/h4-5,11,13H,6-9,12H2,1-3H3. The summed E-state index contributed by atoms with van der Waals surface area (Å²) in [5.41, 5.74) is 0.522. The molecule has 1 aliphatic rings. The van der Waals surface area contributed by atoms with E-state index in [1.807, 2.05) is 22.9 Å². The van der Waals surface area contributed by atoms with Gasteiger partial charge in [0.15, 0.2) is 0 Å². The van der Waals surface area contributed by atoms with E-state index in [9.17, 15) is 4.79 Å². The Hall–Kier alpha value is -2.13. The molecule has 2 heterocycles. The molecular formula is C16H23N5O. The Morgan fingerprint density at radius 1 is 1.36 bits per heavy atom. The molecule has 0 unspecified atom stereocenters. The Morgan fingerprint density at radius 2 is 2.05 bits per heavy atom. The first kappa shape index (κ1) is 16.2. The van der Waals surface area contributed by atoms with Crippen LogP contribution in [-0.2, 0) is 4.79 Å². The zero-order valence-corrected chi connectivity index (χ0v) is 13.5. The van der Waals surface area contributed by atoms with Gasteiger partial charge in [-0.15, -0.1) is 0 Å². The van der Waals surface area contributed by atoms with Crippen LogP contribution in [0.5, 0.6) is 0 Å². The Morgan fingerprint density at radius 3 is 2.55 bits per heavy atom. The molecular weight excluding hydrogens is 278 g/mol. The zero-order chi connectivity index (χ0) is 16.1. The Balaban J connectivity index is 1.87. The van der Waals surface area contributed by atoms with E-state index < -0.39 is 0 Å². The lowest BCUT2D eigenvalue weighted by atomic mass is 10.2. The molecule has 2 rings (SSSR count). The molecule has 0 aliphatic carbocycles. The van der Waals surface area contributed by atoms with Crippen LogP contribution in [0, 0.1) is 11.3 Å². The smallest absolute Gasteiger partial charge is 0.242 e. The number of anilines is 1. The maximum atomic E-state index is 12.4. The summed E-state index contributed by atoms with van der Waals surface area (Å²) in [4.78, 5) is 22.7. The van der Waals surface area contributed by atoms with Crippen molar-refractivity contribution in [2.24, 2.45) is 0 Å². The molecule has 0 saturated carbocycles. The molecule has 0 N–H and O–H groups in total. The van der Waals surface area contributed by atoms with Crippen LogP contribution in [0.15, 0.2) is 18.3 Å². The molecule has 1 aromatic rings. The topological polar surface area (TPSA) is 63.5 Å². The van der Waals surface area contributed by atoms with Gasteiger partial charge in [0, 0.05) is 45.5 Å². The van der Waals surface area contributed by atoms with E-state index in [1.165, 1.54) is 6.20 Å². The first-order chi connectivity index (χ1) is 10.5. The molecule has 0 spiro atoms. The minimum atomic E-state index is 0.122. The van der Waals surface area contributed by atoms with Gasteiger partial charge in [0.2, 0.25) is 5.91 Å². The second kappa shape index (κ2) is 7.23. The molecule has 1 amide bonds. The van der Waals surface area contributed by atoms with Crippen LogP contribution in [0.2, 0.25) is 0 Å². The molecule has 0 bridgehead atoms. The number of carbonyl (C=O) groups is 1. The van der Waals surface area contributed by atoms with Crippen molar-refractivity contribution in [1.29, 1.82) is 5.26 Å². The SMILES string of the molecule is CC(C)N1CCN(C(=O)CN(C)c2ccc(C#N)cn2)CC1. The van der Waals surface area contributed by atoms with E-state index in [0.717, 1.165) is 26.2 Å². The summed E-state index contributed by atoms with van der Waals surface area (Å²) in [6.45, 7) is 8.10. The van der Waals surface area contributed by atoms with Crippen LogP contribution in [0.4, 0.5) is 5.82 Å². The summed E-state index contributed by atoms with van der Waals surface area (Å²) in [7, 11) is 1.84. The minimum absolute atomic E-state index is 0.122. The van der Waals surface area contributed by atoms with Gasteiger partial charge in [0.25, 0.3) is 0 Å². The minimum Gasteiger partial charge on any atom is -0.350 e. The first-order valence-corrected chi connectivity index (χ1v) is 7.60. The average molecular weight is 301 g/mol. The molecule has 1 fully saturated rings. The highest BCUT2D eigenvalue weighted by Crippen LogP contribution is 2.11. The number of amides is 1. The van der Waals surface area contributed by atoms with Crippen molar-refractivity contribution >= 4 is 11.7 Å². The molecule has 22 heavy (non-hydrogen) atoms. The normalized spacial score (nSPS) is 15.7. The van der Waals surface area contributed by atoms with E-state index in [-0.39, 0.29) is 5.91 Å². The average Bonchev–Trinajstić information content (AvgIpc) is 2.54. The third kappa shape index (κ3) is 3.95. The number of hydrogen-bond donors (Lipinski definition) is 0. The van der Waals surface area contributed by atoms with Gasteiger partial charge in [-0.25, -0.2) is 4.98 Å². The summed E-state index contributed by atoms with van der Waals surface area (Å²) in [5, 5.41) is 8.77. The highest BCUT2D eigenvalue weighted by Gasteiger charge is 2.23. The fraction of sp³-hybridized carbons (Fsp3) is 0.562. The monoisotopic (exact) mass is 301 g/mol. The largest absolute Gasteiger partial charge is 0.350 e.